The highest BCUT2D eigenvalue weighted by molar-refractivity contribution is 5.90. The Morgan fingerprint density at radius 2 is 1.96 bits per heavy atom. The number of benzene rings is 2. The molecule has 1 atom stereocenters. The normalized spacial score (nSPS) is 19.0. The minimum Gasteiger partial charge on any atom is -0.495 e. The summed E-state index contributed by atoms with van der Waals surface area (Å²) in [7, 11) is 1.55. The lowest BCUT2D eigenvalue weighted by atomic mass is 9.96. The maximum atomic E-state index is 12.1. The van der Waals surface area contributed by atoms with Crippen molar-refractivity contribution in [2.24, 2.45) is 0 Å². The fourth-order valence-corrected chi connectivity index (χ4v) is 2.99. The number of methoxy groups -OCH3 is 1. The van der Waals surface area contributed by atoms with E-state index in [9.17, 15) is 9.90 Å². The van der Waals surface area contributed by atoms with E-state index in [-0.39, 0.29) is 12.6 Å². The lowest BCUT2D eigenvalue weighted by molar-refractivity contribution is 0.0417. The summed E-state index contributed by atoms with van der Waals surface area (Å²) in [5.74, 6) is 0.590. The topological polar surface area (TPSA) is 70.6 Å². The van der Waals surface area contributed by atoms with Crippen LogP contribution >= 0.6 is 0 Å². The van der Waals surface area contributed by atoms with Crippen molar-refractivity contribution in [3.05, 3.63) is 59.7 Å². The van der Waals surface area contributed by atoms with Gasteiger partial charge in [0, 0.05) is 0 Å². The third-order valence-electron chi connectivity index (χ3n) is 4.22. The van der Waals surface area contributed by atoms with Crippen LogP contribution in [0.3, 0.4) is 0 Å². The van der Waals surface area contributed by atoms with Gasteiger partial charge < -0.3 is 20.5 Å². The highest BCUT2D eigenvalue weighted by Crippen LogP contribution is 2.36. The molecule has 0 saturated heterocycles. The van der Waals surface area contributed by atoms with Gasteiger partial charge in [-0.1, -0.05) is 36.4 Å². The van der Waals surface area contributed by atoms with Crippen molar-refractivity contribution >= 4 is 11.7 Å². The van der Waals surface area contributed by atoms with Crippen LogP contribution in [0.25, 0.3) is 0 Å². The Labute approximate surface area is 135 Å². The summed E-state index contributed by atoms with van der Waals surface area (Å²) in [6, 6.07) is 14.6. The van der Waals surface area contributed by atoms with Crippen LogP contribution in [0.15, 0.2) is 48.5 Å². The van der Waals surface area contributed by atoms with Gasteiger partial charge in [0.25, 0.3) is 0 Å². The summed E-state index contributed by atoms with van der Waals surface area (Å²) in [5, 5.41) is 16.3. The van der Waals surface area contributed by atoms with Gasteiger partial charge in [0.2, 0.25) is 0 Å². The summed E-state index contributed by atoms with van der Waals surface area (Å²) in [4.78, 5) is 12.1. The van der Waals surface area contributed by atoms with E-state index >= 15 is 0 Å². The van der Waals surface area contributed by atoms with Crippen LogP contribution in [-0.2, 0) is 12.0 Å². The van der Waals surface area contributed by atoms with E-state index in [0.717, 1.165) is 17.5 Å². The Hall–Kier alpha value is -2.53. The van der Waals surface area contributed by atoms with Crippen molar-refractivity contribution in [2.45, 2.75) is 18.4 Å². The summed E-state index contributed by atoms with van der Waals surface area (Å²) >= 11 is 0. The number of para-hydroxylation sites is 2. The number of carbonyl (C=O) groups is 1. The zero-order chi connectivity index (χ0) is 16.3. The molecular weight excluding hydrogens is 292 g/mol. The monoisotopic (exact) mass is 312 g/mol. The molecule has 0 aromatic heterocycles. The van der Waals surface area contributed by atoms with E-state index in [4.69, 9.17) is 4.74 Å². The molecule has 1 aliphatic carbocycles. The average Bonchev–Trinajstić information content (AvgIpc) is 2.92. The number of hydrogen-bond acceptors (Lipinski definition) is 3. The number of nitrogens with one attached hydrogen (secondary N) is 2. The molecule has 0 spiro atoms. The van der Waals surface area contributed by atoms with Crippen LogP contribution in [0.5, 0.6) is 5.75 Å². The minimum atomic E-state index is -1.01. The number of rotatable bonds is 4. The largest absolute Gasteiger partial charge is 0.495 e. The van der Waals surface area contributed by atoms with Gasteiger partial charge in [0.15, 0.2) is 0 Å². The molecule has 2 aromatic rings. The van der Waals surface area contributed by atoms with Crippen LogP contribution in [0, 0.1) is 0 Å². The average molecular weight is 312 g/mol. The molecule has 0 saturated carbocycles. The Kier molecular flexibility index (Phi) is 4.21. The second-order valence-corrected chi connectivity index (χ2v) is 5.70. The fourth-order valence-electron chi connectivity index (χ4n) is 2.99. The molecule has 0 bridgehead atoms. The maximum Gasteiger partial charge on any atom is 0.319 e. The molecule has 0 heterocycles. The molecule has 5 nitrogen and oxygen atoms in total. The van der Waals surface area contributed by atoms with Crippen molar-refractivity contribution < 1.29 is 14.6 Å². The predicted molar refractivity (Wildman–Crippen MR) is 88.7 cm³/mol. The number of aryl methyl sites for hydroxylation is 1. The Morgan fingerprint density at radius 3 is 2.78 bits per heavy atom. The highest BCUT2D eigenvalue weighted by Gasteiger charge is 2.36. The molecule has 5 heteroatoms. The zero-order valence-electron chi connectivity index (χ0n) is 13.0. The number of hydrogen-bond donors (Lipinski definition) is 3. The number of aliphatic hydroxyl groups is 1. The lowest BCUT2D eigenvalue weighted by Crippen LogP contribution is -2.41. The van der Waals surface area contributed by atoms with Gasteiger partial charge in [0.05, 0.1) is 19.3 Å². The Bertz CT molecular complexity index is 717. The summed E-state index contributed by atoms with van der Waals surface area (Å²) in [6.07, 6.45) is 1.43. The third kappa shape index (κ3) is 3.14. The number of amides is 2. The van der Waals surface area contributed by atoms with Crippen molar-refractivity contribution in [1.29, 1.82) is 0 Å². The fraction of sp³-hybridized carbons (Fsp3) is 0.278. The quantitative estimate of drug-likeness (QED) is 0.813. The minimum absolute atomic E-state index is 0.172. The van der Waals surface area contributed by atoms with Crippen molar-refractivity contribution in [1.82, 2.24) is 5.32 Å². The van der Waals surface area contributed by atoms with Crippen molar-refractivity contribution in [3.8, 4) is 5.75 Å². The summed E-state index contributed by atoms with van der Waals surface area (Å²) in [6.45, 7) is 0.172. The SMILES string of the molecule is COc1ccccc1NC(=O)NCC1(O)CCc2ccccc21. The van der Waals surface area contributed by atoms with Crippen LogP contribution in [0.1, 0.15) is 17.5 Å². The highest BCUT2D eigenvalue weighted by atomic mass is 16.5. The van der Waals surface area contributed by atoms with Crippen LogP contribution in [-0.4, -0.2) is 24.8 Å². The molecule has 23 heavy (non-hydrogen) atoms. The van der Waals surface area contributed by atoms with Gasteiger partial charge in [-0.15, -0.1) is 0 Å². The van der Waals surface area contributed by atoms with Gasteiger partial charge in [0.1, 0.15) is 11.4 Å². The smallest absolute Gasteiger partial charge is 0.319 e. The molecule has 120 valence electrons. The molecule has 0 radical (unpaired) electrons. The Morgan fingerprint density at radius 1 is 1.22 bits per heavy atom. The predicted octanol–water partition coefficient (Wildman–Crippen LogP) is 2.65. The standard InChI is InChI=1S/C18H20N2O3/c1-23-16-9-5-4-8-15(16)20-17(21)19-12-18(22)11-10-13-6-2-3-7-14(13)18/h2-9,22H,10-12H2,1H3,(H2,19,20,21). The van der Waals surface area contributed by atoms with Gasteiger partial charge in [-0.2, -0.15) is 0 Å². The summed E-state index contributed by atoms with van der Waals surface area (Å²) < 4.78 is 5.20. The van der Waals surface area contributed by atoms with Gasteiger partial charge in [-0.05, 0) is 36.1 Å². The molecule has 1 aliphatic rings. The maximum absolute atomic E-state index is 12.1. The van der Waals surface area contributed by atoms with Crippen molar-refractivity contribution in [2.75, 3.05) is 19.0 Å². The molecule has 3 rings (SSSR count). The Balaban J connectivity index is 1.64. The molecule has 2 aromatic carbocycles. The van der Waals surface area contributed by atoms with Crippen molar-refractivity contribution in [3.63, 3.8) is 0 Å². The van der Waals surface area contributed by atoms with E-state index in [2.05, 4.69) is 10.6 Å². The molecular formula is C18H20N2O3. The molecule has 2 amide bonds. The van der Waals surface area contributed by atoms with E-state index in [1.807, 2.05) is 36.4 Å². The number of carbonyl (C=O) groups excluding carboxylic acids is 1. The van der Waals surface area contributed by atoms with Gasteiger partial charge >= 0.3 is 6.03 Å². The number of fused-ring (bicyclic) bond motifs is 1. The number of ether oxygens (including phenoxy) is 1. The second kappa shape index (κ2) is 6.30. The van der Waals surface area contributed by atoms with E-state index in [1.54, 1.807) is 19.2 Å². The van der Waals surface area contributed by atoms with Crippen LogP contribution in [0.2, 0.25) is 0 Å². The van der Waals surface area contributed by atoms with E-state index in [1.165, 1.54) is 0 Å². The first-order valence-electron chi connectivity index (χ1n) is 7.61. The molecule has 0 aliphatic heterocycles. The molecule has 0 fully saturated rings. The third-order valence-corrected chi connectivity index (χ3v) is 4.22. The van der Waals surface area contributed by atoms with E-state index < -0.39 is 5.60 Å². The second-order valence-electron chi connectivity index (χ2n) is 5.70. The zero-order valence-corrected chi connectivity index (χ0v) is 13.0. The lowest BCUT2D eigenvalue weighted by Gasteiger charge is -2.24. The van der Waals surface area contributed by atoms with Gasteiger partial charge in [-0.25, -0.2) is 4.79 Å². The van der Waals surface area contributed by atoms with E-state index in [0.29, 0.717) is 17.9 Å². The van der Waals surface area contributed by atoms with Gasteiger partial charge in [-0.3, -0.25) is 0 Å². The summed E-state index contributed by atoms with van der Waals surface area (Å²) in [5.41, 5.74) is 1.63. The first-order valence-corrected chi connectivity index (χ1v) is 7.61. The number of urea groups is 1. The van der Waals surface area contributed by atoms with Crippen LogP contribution in [0.4, 0.5) is 10.5 Å². The first kappa shape index (κ1) is 15.4. The van der Waals surface area contributed by atoms with Crippen LogP contribution < -0.4 is 15.4 Å². The molecule has 3 N–H and O–H groups in total. The molecule has 1 unspecified atom stereocenters. The number of anilines is 1. The first-order chi connectivity index (χ1) is 11.1.